The standard InChI is InChI=1S/C16H26N2O.C2H2O4/c1-3-7-15-9-6-8-14(2)16(15)19-13-5-4-11-18-12-10-17;3-1(4)2(5)6/h3,6,8-9,18H,1,4-5,7,10-13,17H2,2H3;(H,3,4)(H,5,6). The fourth-order valence-electron chi connectivity index (χ4n) is 1.99. The maximum Gasteiger partial charge on any atom is 0.414 e. The molecule has 140 valence electrons. The summed E-state index contributed by atoms with van der Waals surface area (Å²) >= 11 is 0. The molecule has 1 aromatic carbocycles. The first-order valence-electron chi connectivity index (χ1n) is 8.13. The van der Waals surface area contributed by atoms with E-state index in [9.17, 15) is 0 Å². The van der Waals surface area contributed by atoms with Crippen LogP contribution in [0.1, 0.15) is 24.0 Å². The lowest BCUT2D eigenvalue weighted by Gasteiger charge is -2.13. The maximum absolute atomic E-state index is 9.10. The molecule has 0 spiro atoms. The van der Waals surface area contributed by atoms with Crippen LogP contribution in [0.5, 0.6) is 5.75 Å². The van der Waals surface area contributed by atoms with Gasteiger partial charge in [0.15, 0.2) is 0 Å². The number of allylic oxidation sites excluding steroid dienone is 1. The fraction of sp³-hybridized carbons (Fsp3) is 0.444. The van der Waals surface area contributed by atoms with Gasteiger partial charge in [0.05, 0.1) is 6.61 Å². The molecule has 0 atom stereocenters. The molecule has 0 unspecified atom stereocenters. The second-order valence-electron chi connectivity index (χ2n) is 5.26. The average molecular weight is 352 g/mol. The number of ether oxygens (including phenoxy) is 1. The topological polar surface area (TPSA) is 122 Å². The normalized spacial score (nSPS) is 9.68. The largest absolute Gasteiger partial charge is 0.493 e. The Bertz CT molecular complexity index is 534. The van der Waals surface area contributed by atoms with Gasteiger partial charge in [-0.2, -0.15) is 0 Å². The molecule has 7 nitrogen and oxygen atoms in total. The minimum Gasteiger partial charge on any atom is -0.493 e. The van der Waals surface area contributed by atoms with Gasteiger partial charge < -0.3 is 26.0 Å². The lowest BCUT2D eigenvalue weighted by Crippen LogP contribution is -2.23. The van der Waals surface area contributed by atoms with Crippen LogP contribution in [0.4, 0.5) is 0 Å². The van der Waals surface area contributed by atoms with Crippen molar-refractivity contribution in [1.29, 1.82) is 0 Å². The molecule has 0 aliphatic carbocycles. The van der Waals surface area contributed by atoms with Crippen LogP contribution in [0, 0.1) is 6.92 Å². The van der Waals surface area contributed by atoms with E-state index in [0.717, 1.165) is 44.7 Å². The van der Waals surface area contributed by atoms with E-state index >= 15 is 0 Å². The van der Waals surface area contributed by atoms with E-state index < -0.39 is 11.9 Å². The molecule has 1 aromatic rings. The summed E-state index contributed by atoms with van der Waals surface area (Å²) in [7, 11) is 0. The quantitative estimate of drug-likeness (QED) is 0.286. The highest BCUT2D eigenvalue weighted by atomic mass is 16.5. The van der Waals surface area contributed by atoms with Crippen molar-refractivity contribution < 1.29 is 24.5 Å². The smallest absolute Gasteiger partial charge is 0.414 e. The summed E-state index contributed by atoms with van der Waals surface area (Å²) in [5, 5.41) is 18.1. The molecule has 5 N–H and O–H groups in total. The Kier molecular flexibility index (Phi) is 12.7. The maximum atomic E-state index is 9.10. The van der Waals surface area contributed by atoms with Crippen LogP contribution in [-0.2, 0) is 16.0 Å². The van der Waals surface area contributed by atoms with Crippen molar-refractivity contribution in [3.63, 3.8) is 0 Å². The third kappa shape index (κ3) is 10.9. The molecule has 0 saturated heterocycles. The van der Waals surface area contributed by atoms with Crippen molar-refractivity contribution in [2.24, 2.45) is 5.73 Å². The Morgan fingerprint density at radius 3 is 2.48 bits per heavy atom. The molecule has 7 heteroatoms. The molecule has 0 heterocycles. The van der Waals surface area contributed by atoms with E-state index in [2.05, 4.69) is 37.0 Å². The summed E-state index contributed by atoms with van der Waals surface area (Å²) in [5.41, 5.74) is 7.83. The van der Waals surface area contributed by atoms with Crippen molar-refractivity contribution in [3.05, 3.63) is 42.0 Å². The second kappa shape index (κ2) is 14.0. The Morgan fingerprint density at radius 2 is 1.92 bits per heavy atom. The first kappa shape index (κ1) is 22.6. The zero-order chi connectivity index (χ0) is 19.1. The van der Waals surface area contributed by atoms with Gasteiger partial charge >= 0.3 is 11.9 Å². The number of carbonyl (C=O) groups is 2. The van der Waals surface area contributed by atoms with Crippen molar-refractivity contribution in [1.82, 2.24) is 5.32 Å². The summed E-state index contributed by atoms with van der Waals surface area (Å²) < 4.78 is 5.93. The zero-order valence-electron chi connectivity index (χ0n) is 14.7. The number of carboxylic acids is 2. The number of rotatable bonds is 10. The second-order valence-corrected chi connectivity index (χ2v) is 5.26. The third-order valence-corrected chi connectivity index (χ3v) is 3.16. The van der Waals surface area contributed by atoms with Crippen LogP contribution < -0.4 is 15.8 Å². The lowest BCUT2D eigenvalue weighted by molar-refractivity contribution is -0.159. The molecule has 0 radical (unpaired) electrons. The highest BCUT2D eigenvalue weighted by Crippen LogP contribution is 2.24. The molecule has 1 rings (SSSR count). The SMILES string of the molecule is C=CCc1cccc(C)c1OCCCCNCCN.O=C(O)C(=O)O. The van der Waals surface area contributed by atoms with E-state index in [1.165, 1.54) is 11.1 Å². The van der Waals surface area contributed by atoms with Gasteiger partial charge in [-0.1, -0.05) is 24.3 Å². The fourth-order valence-corrected chi connectivity index (χ4v) is 1.99. The van der Waals surface area contributed by atoms with Crippen molar-refractivity contribution in [2.45, 2.75) is 26.2 Å². The monoisotopic (exact) mass is 352 g/mol. The number of nitrogens with two attached hydrogens (primary N) is 1. The molecule has 0 aliphatic heterocycles. The van der Waals surface area contributed by atoms with Gasteiger partial charge in [0.1, 0.15) is 5.75 Å². The van der Waals surface area contributed by atoms with Crippen LogP contribution >= 0.6 is 0 Å². The molecular formula is C18H28N2O5. The van der Waals surface area contributed by atoms with Crippen LogP contribution in [-0.4, -0.2) is 48.4 Å². The van der Waals surface area contributed by atoms with Crippen LogP contribution in [0.25, 0.3) is 0 Å². The number of aryl methyl sites for hydroxylation is 1. The minimum absolute atomic E-state index is 0.699. The van der Waals surface area contributed by atoms with E-state index in [1.54, 1.807) is 0 Å². The molecule has 0 saturated carbocycles. The molecule has 25 heavy (non-hydrogen) atoms. The summed E-state index contributed by atoms with van der Waals surface area (Å²) in [5.74, 6) is -2.62. The van der Waals surface area contributed by atoms with Crippen molar-refractivity contribution in [2.75, 3.05) is 26.2 Å². The van der Waals surface area contributed by atoms with Gasteiger partial charge in [0.25, 0.3) is 0 Å². The van der Waals surface area contributed by atoms with E-state index in [0.29, 0.717) is 6.54 Å². The van der Waals surface area contributed by atoms with Gasteiger partial charge in [-0.05, 0) is 43.9 Å². The highest BCUT2D eigenvalue weighted by Gasteiger charge is 2.05. The Hall–Kier alpha value is -2.38. The first-order valence-corrected chi connectivity index (χ1v) is 8.13. The summed E-state index contributed by atoms with van der Waals surface area (Å²) in [6.45, 7) is 9.24. The number of unbranched alkanes of at least 4 members (excludes halogenated alkanes) is 1. The first-order chi connectivity index (χ1) is 11.9. The zero-order valence-corrected chi connectivity index (χ0v) is 14.7. The molecule has 0 bridgehead atoms. The number of hydrogen-bond donors (Lipinski definition) is 4. The van der Waals surface area contributed by atoms with Crippen molar-refractivity contribution in [3.8, 4) is 5.75 Å². The number of hydrogen-bond acceptors (Lipinski definition) is 5. The number of carboxylic acid groups (broad SMARTS) is 2. The Balaban J connectivity index is 0.000000823. The predicted molar refractivity (Wildman–Crippen MR) is 97.0 cm³/mol. The lowest BCUT2D eigenvalue weighted by atomic mass is 10.1. The number of nitrogens with one attached hydrogen (secondary N) is 1. The molecule has 0 aliphatic rings. The van der Waals surface area contributed by atoms with E-state index in [4.69, 9.17) is 30.3 Å². The number of aliphatic carboxylic acids is 2. The number of para-hydroxylation sites is 1. The van der Waals surface area contributed by atoms with Crippen molar-refractivity contribution >= 4 is 11.9 Å². The highest BCUT2D eigenvalue weighted by molar-refractivity contribution is 6.27. The van der Waals surface area contributed by atoms with Gasteiger partial charge in [0, 0.05) is 13.1 Å². The van der Waals surface area contributed by atoms with Gasteiger partial charge in [-0.15, -0.1) is 6.58 Å². The van der Waals surface area contributed by atoms with E-state index in [1.807, 2.05) is 6.08 Å². The Labute approximate surface area is 148 Å². The minimum atomic E-state index is -1.82. The van der Waals surface area contributed by atoms with Gasteiger partial charge in [-0.25, -0.2) is 9.59 Å². The predicted octanol–water partition coefficient (Wildman–Crippen LogP) is 1.59. The summed E-state index contributed by atoms with van der Waals surface area (Å²) in [4.78, 5) is 18.2. The van der Waals surface area contributed by atoms with Crippen LogP contribution in [0.2, 0.25) is 0 Å². The summed E-state index contributed by atoms with van der Waals surface area (Å²) in [6, 6.07) is 6.26. The van der Waals surface area contributed by atoms with E-state index in [-0.39, 0.29) is 0 Å². The molecule has 0 amide bonds. The number of benzene rings is 1. The molecule has 0 fully saturated rings. The van der Waals surface area contributed by atoms with Gasteiger partial charge in [-0.3, -0.25) is 0 Å². The molecular weight excluding hydrogens is 324 g/mol. The van der Waals surface area contributed by atoms with Gasteiger partial charge in [0.2, 0.25) is 0 Å². The third-order valence-electron chi connectivity index (χ3n) is 3.16. The van der Waals surface area contributed by atoms with Crippen LogP contribution in [0.3, 0.4) is 0 Å². The summed E-state index contributed by atoms with van der Waals surface area (Å²) in [6.07, 6.45) is 4.94. The Morgan fingerprint density at radius 1 is 1.24 bits per heavy atom. The van der Waals surface area contributed by atoms with Crippen LogP contribution in [0.15, 0.2) is 30.9 Å². The molecule has 0 aromatic heterocycles. The average Bonchev–Trinajstić information content (AvgIpc) is 2.57.